The summed E-state index contributed by atoms with van der Waals surface area (Å²) in [4.78, 5) is 16.1. The van der Waals surface area contributed by atoms with Gasteiger partial charge in [0.25, 0.3) is 17.2 Å². The highest BCUT2D eigenvalue weighted by Crippen LogP contribution is 2.26. The van der Waals surface area contributed by atoms with Crippen molar-refractivity contribution in [2.75, 3.05) is 0 Å². The lowest BCUT2D eigenvalue weighted by Gasteiger charge is -2.11. The second kappa shape index (κ2) is 5.35. The molecule has 0 radical (unpaired) electrons. The highest BCUT2D eigenvalue weighted by atomic mass is 19.4. The van der Waals surface area contributed by atoms with Gasteiger partial charge in [-0.2, -0.15) is 22.7 Å². The van der Waals surface area contributed by atoms with Gasteiger partial charge in [0.2, 0.25) is 0 Å². The lowest BCUT2D eigenvalue weighted by Crippen LogP contribution is -2.21. The molecule has 0 bridgehead atoms. The van der Waals surface area contributed by atoms with Gasteiger partial charge in [-0.1, -0.05) is 12.1 Å². The molecule has 0 unspecified atom stereocenters. The maximum atomic E-state index is 12.8. The van der Waals surface area contributed by atoms with Gasteiger partial charge >= 0.3 is 6.18 Å². The Hall–Kier alpha value is -3.30. The maximum absolute atomic E-state index is 12.8. The van der Waals surface area contributed by atoms with Crippen molar-refractivity contribution in [2.45, 2.75) is 20.0 Å². The molecule has 0 N–H and O–H groups in total. The van der Waals surface area contributed by atoms with Crippen LogP contribution in [-0.4, -0.2) is 29.4 Å². The molecule has 0 fully saturated rings. The van der Waals surface area contributed by atoms with Crippen molar-refractivity contribution >= 4 is 16.8 Å². The van der Waals surface area contributed by atoms with E-state index in [2.05, 4.69) is 20.3 Å². The summed E-state index contributed by atoms with van der Waals surface area (Å²) >= 11 is 0. The zero-order valence-electron chi connectivity index (χ0n) is 13.6. The third-order valence-corrected chi connectivity index (χ3v) is 4.19. The Balaban J connectivity index is 2.01. The Morgan fingerprint density at radius 3 is 2.58 bits per heavy atom. The minimum absolute atomic E-state index is 0.0977. The lowest BCUT2D eigenvalue weighted by molar-refractivity contribution is -0.144. The molecule has 3 aromatic heterocycles. The van der Waals surface area contributed by atoms with Crippen LogP contribution in [0.3, 0.4) is 0 Å². The fourth-order valence-corrected chi connectivity index (χ4v) is 2.71. The SMILES string of the molecule is Cc1cccc(-n2ccc3c(nnc4nc(C(F)(F)F)nn43)c2=O)c1C. The first kappa shape index (κ1) is 16.2. The first-order valence-corrected chi connectivity index (χ1v) is 7.56. The highest BCUT2D eigenvalue weighted by Gasteiger charge is 2.36. The van der Waals surface area contributed by atoms with Crippen molar-refractivity contribution in [1.29, 1.82) is 0 Å². The van der Waals surface area contributed by atoms with Gasteiger partial charge in [-0.3, -0.25) is 9.36 Å². The summed E-state index contributed by atoms with van der Waals surface area (Å²) in [5.41, 5.74) is 2.07. The minimum atomic E-state index is -4.71. The zero-order chi connectivity index (χ0) is 18.6. The van der Waals surface area contributed by atoms with Gasteiger partial charge in [0.15, 0.2) is 5.52 Å². The molecule has 0 atom stereocenters. The number of aryl methyl sites for hydroxylation is 1. The summed E-state index contributed by atoms with van der Waals surface area (Å²) in [7, 11) is 0. The molecular formula is C16H11F3N6O. The standard InChI is InChI=1S/C16H11F3N6O/c1-8-4-3-5-10(9(8)2)24-7-6-11-12(13(24)26)21-22-15-20-14(16(17,18)19)23-25(11)15/h3-7H,1-2H3. The Morgan fingerprint density at radius 2 is 1.85 bits per heavy atom. The molecule has 0 aliphatic rings. The quantitative estimate of drug-likeness (QED) is 0.521. The van der Waals surface area contributed by atoms with Crippen LogP contribution in [0.15, 0.2) is 35.3 Å². The number of hydrogen-bond acceptors (Lipinski definition) is 5. The molecule has 0 aliphatic carbocycles. The van der Waals surface area contributed by atoms with Crippen molar-refractivity contribution in [1.82, 2.24) is 29.4 Å². The summed E-state index contributed by atoms with van der Waals surface area (Å²) < 4.78 is 40.7. The predicted molar refractivity (Wildman–Crippen MR) is 86.2 cm³/mol. The molecule has 26 heavy (non-hydrogen) atoms. The van der Waals surface area contributed by atoms with Crippen LogP contribution in [0, 0.1) is 13.8 Å². The summed E-state index contributed by atoms with van der Waals surface area (Å²) in [5, 5.41) is 10.8. The molecule has 1 aromatic carbocycles. The number of halogens is 3. The number of fused-ring (bicyclic) bond motifs is 3. The smallest absolute Gasteiger partial charge is 0.282 e. The summed E-state index contributed by atoms with van der Waals surface area (Å²) in [5.74, 6) is -1.66. The Morgan fingerprint density at radius 1 is 1.08 bits per heavy atom. The van der Waals surface area contributed by atoms with Gasteiger partial charge in [0.1, 0.15) is 5.52 Å². The van der Waals surface area contributed by atoms with Gasteiger partial charge < -0.3 is 0 Å². The van der Waals surface area contributed by atoms with Crippen LogP contribution in [0.2, 0.25) is 0 Å². The van der Waals surface area contributed by atoms with Gasteiger partial charge in [-0.15, -0.1) is 15.3 Å². The van der Waals surface area contributed by atoms with Crippen molar-refractivity contribution in [2.24, 2.45) is 0 Å². The molecule has 0 aliphatic heterocycles. The van der Waals surface area contributed by atoms with Crippen LogP contribution in [0.1, 0.15) is 17.0 Å². The summed E-state index contributed by atoms with van der Waals surface area (Å²) in [6.07, 6.45) is -3.24. The Labute approximate surface area is 143 Å². The first-order valence-electron chi connectivity index (χ1n) is 7.56. The van der Waals surface area contributed by atoms with Crippen LogP contribution >= 0.6 is 0 Å². The number of hydrogen-bond donors (Lipinski definition) is 0. The topological polar surface area (TPSA) is 78.0 Å². The molecule has 10 heteroatoms. The highest BCUT2D eigenvalue weighted by molar-refractivity contribution is 5.74. The van der Waals surface area contributed by atoms with Gasteiger partial charge in [0, 0.05) is 6.20 Å². The second-order valence-corrected chi connectivity index (χ2v) is 5.79. The largest absolute Gasteiger partial charge is 0.453 e. The molecule has 0 amide bonds. The van der Waals surface area contributed by atoms with Crippen LogP contribution in [0.4, 0.5) is 13.2 Å². The molecule has 4 aromatic rings. The van der Waals surface area contributed by atoms with Crippen molar-refractivity contribution in [3.63, 3.8) is 0 Å². The van der Waals surface area contributed by atoms with E-state index in [9.17, 15) is 18.0 Å². The molecule has 7 nitrogen and oxygen atoms in total. The molecular weight excluding hydrogens is 349 g/mol. The number of aromatic nitrogens is 6. The summed E-state index contributed by atoms with van der Waals surface area (Å²) in [6, 6.07) is 6.98. The van der Waals surface area contributed by atoms with Crippen molar-refractivity contribution in [3.8, 4) is 5.69 Å². The number of benzene rings is 1. The molecule has 0 spiro atoms. The monoisotopic (exact) mass is 360 g/mol. The van der Waals surface area contributed by atoms with Crippen LogP contribution < -0.4 is 5.56 Å². The molecule has 0 saturated carbocycles. The third kappa shape index (κ3) is 2.33. The minimum Gasteiger partial charge on any atom is -0.282 e. The van der Waals surface area contributed by atoms with E-state index in [0.717, 1.165) is 15.6 Å². The van der Waals surface area contributed by atoms with Crippen LogP contribution in [-0.2, 0) is 6.18 Å². The molecule has 4 rings (SSSR count). The van der Waals surface area contributed by atoms with E-state index in [1.54, 1.807) is 6.07 Å². The van der Waals surface area contributed by atoms with Crippen LogP contribution in [0.25, 0.3) is 22.5 Å². The van der Waals surface area contributed by atoms with E-state index in [4.69, 9.17) is 0 Å². The van der Waals surface area contributed by atoms with Gasteiger partial charge in [-0.25, -0.2) is 0 Å². The Kier molecular flexibility index (Phi) is 3.33. The average molecular weight is 360 g/mol. The molecule has 3 heterocycles. The van der Waals surface area contributed by atoms with E-state index in [-0.39, 0.29) is 16.8 Å². The van der Waals surface area contributed by atoms with Gasteiger partial charge in [0.05, 0.1) is 5.69 Å². The predicted octanol–water partition coefficient (Wildman–Crippen LogP) is 2.46. The number of rotatable bonds is 1. The van der Waals surface area contributed by atoms with E-state index in [1.807, 2.05) is 26.0 Å². The normalized spacial score (nSPS) is 12.2. The number of pyridine rings is 1. The van der Waals surface area contributed by atoms with Gasteiger partial charge in [-0.05, 0) is 37.1 Å². The van der Waals surface area contributed by atoms with E-state index < -0.39 is 17.6 Å². The van der Waals surface area contributed by atoms with E-state index >= 15 is 0 Å². The third-order valence-electron chi connectivity index (χ3n) is 4.19. The number of alkyl halides is 3. The fourth-order valence-electron chi connectivity index (χ4n) is 2.71. The summed E-state index contributed by atoms with van der Waals surface area (Å²) in [6.45, 7) is 3.80. The van der Waals surface area contributed by atoms with E-state index in [0.29, 0.717) is 5.69 Å². The second-order valence-electron chi connectivity index (χ2n) is 5.79. The fraction of sp³-hybridized carbons (Fsp3) is 0.188. The molecule has 132 valence electrons. The average Bonchev–Trinajstić information content (AvgIpc) is 3.03. The maximum Gasteiger partial charge on any atom is 0.453 e. The van der Waals surface area contributed by atoms with Crippen molar-refractivity contribution in [3.05, 3.63) is 57.8 Å². The van der Waals surface area contributed by atoms with E-state index in [1.165, 1.54) is 16.8 Å². The van der Waals surface area contributed by atoms with Crippen LogP contribution in [0.5, 0.6) is 0 Å². The lowest BCUT2D eigenvalue weighted by atomic mass is 10.1. The molecule has 0 saturated heterocycles. The Bertz CT molecular complexity index is 1220. The van der Waals surface area contributed by atoms with Crippen molar-refractivity contribution < 1.29 is 13.2 Å². The number of nitrogens with zero attached hydrogens (tertiary/aromatic N) is 6. The zero-order valence-corrected chi connectivity index (χ0v) is 13.6. The first-order chi connectivity index (χ1) is 12.3.